The molecule has 0 unspecified atom stereocenters. The number of aromatic nitrogens is 3. The number of hydrogen-bond donors (Lipinski definition) is 2. The van der Waals surface area contributed by atoms with Crippen LogP contribution >= 0.6 is 24.0 Å². The second-order valence-electron chi connectivity index (χ2n) is 7.80. The predicted octanol–water partition coefficient (Wildman–Crippen LogP) is 3.83. The van der Waals surface area contributed by atoms with Crippen molar-refractivity contribution in [3.63, 3.8) is 0 Å². The molecule has 3 rings (SSSR count). The van der Waals surface area contributed by atoms with Crippen LogP contribution in [0.25, 0.3) is 0 Å². The van der Waals surface area contributed by atoms with Crippen molar-refractivity contribution in [2.24, 2.45) is 4.99 Å². The highest BCUT2D eigenvalue weighted by atomic mass is 127. The van der Waals surface area contributed by atoms with Gasteiger partial charge in [-0.2, -0.15) is 0 Å². The molecular formula is C22H35IN6. The van der Waals surface area contributed by atoms with Crippen LogP contribution in [0.3, 0.4) is 0 Å². The summed E-state index contributed by atoms with van der Waals surface area (Å²) in [6, 6.07) is 8.87. The van der Waals surface area contributed by atoms with Crippen LogP contribution in [0, 0.1) is 6.92 Å². The van der Waals surface area contributed by atoms with Crippen LogP contribution in [0.15, 0.2) is 35.6 Å². The lowest BCUT2D eigenvalue weighted by molar-refractivity contribution is 0.290. The summed E-state index contributed by atoms with van der Waals surface area (Å²) in [5.41, 5.74) is 3.09. The first-order valence-electron chi connectivity index (χ1n) is 10.6. The van der Waals surface area contributed by atoms with Gasteiger partial charge in [-0.3, -0.25) is 4.99 Å². The van der Waals surface area contributed by atoms with Gasteiger partial charge in [0.15, 0.2) is 5.96 Å². The van der Waals surface area contributed by atoms with Gasteiger partial charge >= 0.3 is 0 Å². The Morgan fingerprint density at radius 3 is 2.62 bits per heavy atom. The Kier molecular flexibility index (Phi) is 9.39. The zero-order valence-electron chi connectivity index (χ0n) is 17.9. The average molecular weight is 510 g/mol. The van der Waals surface area contributed by atoms with Crippen LogP contribution in [0.1, 0.15) is 56.0 Å². The van der Waals surface area contributed by atoms with Gasteiger partial charge in [-0.15, -0.1) is 34.2 Å². The number of guanidine groups is 1. The number of benzene rings is 1. The topological polar surface area (TPSA) is 67.1 Å². The minimum atomic E-state index is 0. The van der Waals surface area contributed by atoms with Gasteiger partial charge in [-0.1, -0.05) is 50.5 Å². The molecule has 0 spiro atoms. The molecule has 0 aliphatic heterocycles. The third-order valence-electron chi connectivity index (χ3n) is 6.00. The van der Waals surface area contributed by atoms with Crippen molar-refractivity contribution >= 4 is 29.9 Å². The molecule has 0 amide bonds. The van der Waals surface area contributed by atoms with E-state index in [2.05, 4.69) is 68.5 Å². The van der Waals surface area contributed by atoms with Gasteiger partial charge in [-0.25, -0.2) is 0 Å². The highest BCUT2D eigenvalue weighted by Gasteiger charge is 2.34. The number of nitrogens with one attached hydrogen (secondary N) is 2. The molecule has 1 aliphatic rings. The van der Waals surface area contributed by atoms with E-state index in [-0.39, 0.29) is 29.4 Å². The smallest absolute Gasteiger partial charge is 0.191 e. The molecule has 1 saturated carbocycles. The van der Waals surface area contributed by atoms with Gasteiger partial charge < -0.3 is 15.2 Å². The third kappa shape index (κ3) is 5.93. The Labute approximate surface area is 192 Å². The zero-order chi connectivity index (χ0) is 19.8. The van der Waals surface area contributed by atoms with Crippen LogP contribution in [-0.4, -0.2) is 40.9 Å². The Morgan fingerprint density at radius 1 is 1.17 bits per heavy atom. The molecule has 29 heavy (non-hydrogen) atoms. The number of aliphatic imine (C=N–C) groups is 1. The average Bonchev–Trinajstić information content (AvgIpc) is 3.19. The third-order valence-corrected chi connectivity index (χ3v) is 6.00. The van der Waals surface area contributed by atoms with E-state index in [1.54, 1.807) is 6.33 Å². The second kappa shape index (κ2) is 11.5. The molecule has 2 aromatic rings. The van der Waals surface area contributed by atoms with Gasteiger partial charge in [0, 0.05) is 38.5 Å². The summed E-state index contributed by atoms with van der Waals surface area (Å²) in [5, 5.41) is 15.2. The molecular weight excluding hydrogens is 475 g/mol. The zero-order valence-corrected chi connectivity index (χ0v) is 20.3. The highest BCUT2D eigenvalue weighted by Crippen LogP contribution is 2.40. The Hall–Kier alpha value is -1.64. The van der Waals surface area contributed by atoms with Crippen molar-refractivity contribution in [1.82, 2.24) is 25.4 Å². The van der Waals surface area contributed by atoms with Crippen LogP contribution in [0.4, 0.5) is 0 Å². The summed E-state index contributed by atoms with van der Waals surface area (Å²) in [6.45, 7) is 6.89. The van der Waals surface area contributed by atoms with Gasteiger partial charge in [0.1, 0.15) is 12.2 Å². The maximum atomic E-state index is 4.43. The summed E-state index contributed by atoms with van der Waals surface area (Å²) in [6.07, 6.45) is 9.12. The van der Waals surface area contributed by atoms with Crippen LogP contribution < -0.4 is 10.6 Å². The highest BCUT2D eigenvalue weighted by molar-refractivity contribution is 14.0. The van der Waals surface area contributed by atoms with Gasteiger partial charge in [0.2, 0.25) is 0 Å². The minimum absolute atomic E-state index is 0. The van der Waals surface area contributed by atoms with Gasteiger partial charge in [0.05, 0.1) is 0 Å². The lowest BCUT2D eigenvalue weighted by Gasteiger charge is -2.39. The van der Waals surface area contributed by atoms with E-state index in [0.717, 1.165) is 37.8 Å². The molecule has 1 aromatic carbocycles. The van der Waals surface area contributed by atoms with Crippen LogP contribution in [-0.2, 0) is 18.4 Å². The van der Waals surface area contributed by atoms with Crippen molar-refractivity contribution in [3.8, 4) is 0 Å². The first-order valence-corrected chi connectivity index (χ1v) is 10.6. The number of hydrogen-bond acceptors (Lipinski definition) is 3. The van der Waals surface area contributed by atoms with Crippen molar-refractivity contribution in [2.45, 2.75) is 64.3 Å². The lowest BCUT2D eigenvalue weighted by Crippen LogP contribution is -2.47. The fraction of sp³-hybridized carbons (Fsp3) is 0.591. The molecule has 7 heteroatoms. The monoisotopic (exact) mass is 510 g/mol. The van der Waals surface area contributed by atoms with Crippen molar-refractivity contribution in [3.05, 3.63) is 47.5 Å². The largest absolute Gasteiger partial charge is 0.356 e. The molecule has 1 heterocycles. The first kappa shape index (κ1) is 23.6. The fourth-order valence-corrected chi connectivity index (χ4v) is 4.45. The number of nitrogens with zero attached hydrogens (tertiary/aromatic N) is 4. The SMILES string of the molecule is CCc1nncn1CCNC(=NC)NCC1(c2ccccc2C)CCCCC1.I. The Morgan fingerprint density at radius 2 is 1.93 bits per heavy atom. The minimum Gasteiger partial charge on any atom is -0.356 e. The molecule has 160 valence electrons. The number of halogens is 1. The van der Waals surface area contributed by atoms with Crippen molar-refractivity contribution in [1.29, 1.82) is 0 Å². The molecule has 2 N–H and O–H groups in total. The number of aryl methyl sites for hydroxylation is 2. The van der Waals surface area contributed by atoms with E-state index in [1.807, 2.05) is 7.05 Å². The molecule has 1 fully saturated rings. The van der Waals surface area contributed by atoms with Gasteiger partial charge in [0.25, 0.3) is 0 Å². The lowest BCUT2D eigenvalue weighted by atomic mass is 9.68. The predicted molar refractivity (Wildman–Crippen MR) is 130 cm³/mol. The summed E-state index contributed by atoms with van der Waals surface area (Å²) in [7, 11) is 1.84. The normalized spacial score (nSPS) is 16.2. The van der Waals surface area contributed by atoms with Crippen molar-refractivity contribution in [2.75, 3.05) is 20.1 Å². The van der Waals surface area contributed by atoms with Crippen LogP contribution in [0.2, 0.25) is 0 Å². The van der Waals surface area contributed by atoms with E-state index in [0.29, 0.717) is 0 Å². The Bertz CT molecular complexity index is 779. The van der Waals surface area contributed by atoms with E-state index in [1.165, 1.54) is 43.2 Å². The molecule has 0 atom stereocenters. The Balaban J connectivity index is 0.00000300. The van der Waals surface area contributed by atoms with Crippen LogP contribution in [0.5, 0.6) is 0 Å². The standard InChI is InChI=1S/C22H34N6.HI/c1-4-20-27-26-17-28(20)15-14-24-21(23-3)25-16-22(12-8-5-9-13-22)19-11-7-6-10-18(19)2;/h6-7,10-11,17H,4-5,8-9,12-16H2,1-3H3,(H2,23,24,25);1H. The molecule has 0 saturated heterocycles. The molecule has 1 aromatic heterocycles. The molecule has 1 aliphatic carbocycles. The maximum absolute atomic E-state index is 4.43. The summed E-state index contributed by atoms with van der Waals surface area (Å²) >= 11 is 0. The van der Waals surface area contributed by atoms with Crippen molar-refractivity contribution < 1.29 is 0 Å². The maximum Gasteiger partial charge on any atom is 0.191 e. The van der Waals surface area contributed by atoms with E-state index < -0.39 is 0 Å². The van der Waals surface area contributed by atoms with E-state index in [9.17, 15) is 0 Å². The number of rotatable bonds is 7. The molecule has 0 bridgehead atoms. The van der Waals surface area contributed by atoms with Gasteiger partial charge in [-0.05, 0) is 30.9 Å². The summed E-state index contributed by atoms with van der Waals surface area (Å²) in [4.78, 5) is 4.43. The summed E-state index contributed by atoms with van der Waals surface area (Å²) < 4.78 is 2.09. The van der Waals surface area contributed by atoms with E-state index >= 15 is 0 Å². The summed E-state index contributed by atoms with van der Waals surface area (Å²) in [5.74, 6) is 1.88. The molecule has 6 nitrogen and oxygen atoms in total. The van der Waals surface area contributed by atoms with E-state index in [4.69, 9.17) is 0 Å². The quantitative estimate of drug-likeness (QED) is 0.338. The second-order valence-corrected chi connectivity index (χ2v) is 7.80. The first-order chi connectivity index (χ1) is 13.7. The fourth-order valence-electron chi connectivity index (χ4n) is 4.45. The molecule has 0 radical (unpaired) electrons.